The van der Waals surface area contributed by atoms with E-state index in [1.165, 1.54) is 0 Å². The Labute approximate surface area is 143 Å². The lowest BCUT2D eigenvalue weighted by Crippen LogP contribution is -2.32. The second kappa shape index (κ2) is 9.21. The van der Waals surface area contributed by atoms with Crippen molar-refractivity contribution < 1.29 is 9.90 Å². The van der Waals surface area contributed by atoms with Crippen LogP contribution in [-0.4, -0.2) is 24.2 Å². The third-order valence-corrected chi connectivity index (χ3v) is 4.13. The van der Waals surface area contributed by atoms with Crippen LogP contribution in [-0.2, 0) is 11.2 Å². The zero-order valence-corrected chi connectivity index (χ0v) is 14.4. The van der Waals surface area contributed by atoms with Gasteiger partial charge in [-0.2, -0.15) is 0 Å². The van der Waals surface area contributed by atoms with E-state index < -0.39 is 0 Å². The number of para-hydroxylation sites is 1. The van der Waals surface area contributed by atoms with Crippen molar-refractivity contribution in [1.82, 2.24) is 5.32 Å². The van der Waals surface area contributed by atoms with Crippen molar-refractivity contribution >= 4 is 11.6 Å². The van der Waals surface area contributed by atoms with Crippen molar-refractivity contribution in [2.75, 3.05) is 18.5 Å². The maximum Gasteiger partial charge on any atom is 0.238 e. The molecule has 1 atom stereocenters. The summed E-state index contributed by atoms with van der Waals surface area (Å²) in [5.74, 6) is -0.0714. The lowest BCUT2D eigenvalue weighted by atomic mass is 10.0. The molecule has 2 aromatic carbocycles. The van der Waals surface area contributed by atoms with Gasteiger partial charge in [0.15, 0.2) is 0 Å². The molecule has 1 unspecified atom stereocenters. The van der Waals surface area contributed by atoms with E-state index in [4.69, 9.17) is 0 Å². The van der Waals surface area contributed by atoms with Crippen LogP contribution in [0.3, 0.4) is 0 Å². The largest absolute Gasteiger partial charge is 0.396 e. The Hall–Kier alpha value is -2.17. The first-order valence-corrected chi connectivity index (χ1v) is 8.43. The summed E-state index contributed by atoms with van der Waals surface area (Å²) >= 11 is 0. The normalized spacial score (nSPS) is 12.0. The zero-order chi connectivity index (χ0) is 17.4. The van der Waals surface area contributed by atoms with E-state index >= 15 is 0 Å². The van der Waals surface area contributed by atoms with E-state index in [0.717, 1.165) is 28.8 Å². The summed E-state index contributed by atoms with van der Waals surface area (Å²) in [6, 6.07) is 15.9. The fourth-order valence-electron chi connectivity index (χ4n) is 2.80. The first-order valence-electron chi connectivity index (χ1n) is 8.43. The van der Waals surface area contributed by atoms with Crippen LogP contribution in [0, 0.1) is 6.92 Å². The van der Waals surface area contributed by atoms with Crippen LogP contribution in [0.4, 0.5) is 5.69 Å². The van der Waals surface area contributed by atoms with Gasteiger partial charge in [0.05, 0.1) is 6.54 Å². The van der Waals surface area contributed by atoms with Gasteiger partial charge < -0.3 is 15.7 Å². The molecule has 4 nitrogen and oxygen atoms in total. The average molecular weight is 326 g/mol. The average Bonchev–Trinajstić information content (AvgIpc) is 2.61. The molecule has 24 heavy (non-hydrogen) atoms. The summed E-state index contributed by atoms with van der Waals surface area (Å²) in [5.41, 5.74) is 4.19. The standard InChI is InChI=1S/C20H26N2O2/c1-3-16-11-7-8-15(2)20(16)22-19(24)14-21-18(12-13-23)17-9-5-4-6-10-17/h4-11,18,21,23H,3,12-14H2,1-2H3,(H,22,24). The third-order valence-electron chi connectivity index (χ3n) is 4.13. The smallest absolute Gasteiger partial charge is 0.238 e. The molecule has 2 rings (SSSR count). The fraction of sp³-hybridized carbons (Fsp3) is 0.350. The second-order valence-electron chi connectivity index (χ2n) is 5.87. The molecule has 0 saturated carbocycles. The van der Waals surface area contributed by atoms with Gasteiger partial charge >= 0.3 is 0 Å². The number of carbonyl (C=O) groups is 1. The van der Waals surface area contributed by atoms with Gasteiger partial charge in [-0.3, -0.25) is 4.79 Å². The van der Waals surface area contributed by atoms with E-state index in [-0.39, 0.29) is 25.1 Å². The minimum absolute atomic E-state index is 0.0375. The van der Waals surface area contributed by atoms with Gasteiger partial charge in [-0.25, -0.2) is 0 Å². The predicted molar refractivity (Wildman–Crippen MR) is 98.1 cm³/mol. The Morgan fingerprint density at radius 2 is 1.88 bits per heavy atom. The van der Waals surface area contributed by atoms with E-state index in [1.807, 2.05) is 55.5 Å². The number of amides is 1. The first kappa shape index (κ1) is 18.2. The van der Waals surface area contributed by atoms with Crippen LogP contribution < -0.4 is 10.6 Å². The van der Waals surface area contributed by atoms with E-state index in [0.29, 0.717) is 6.42 Å². The van der Waals surface area contributed by atoms with Crippen molar-refractivity contribution in [2.24, 2.45) is 0 Å². The predicted octanol–water partition coefficient (Wildman–Crippen LogP) is 3.21. The first-order chi connectivity index (χ1) is 11.7. The molecule has 0 aliphatic rings. The van der Waals surface area contributed by atoms with Gasteiger partial charge in [0.2, 0.25) is 5.91 Å². The molecule has 0 heterocycles. The monoisotopic (exact) mass is 326 g/mol. The van der Waals surface area contributed by atoms with Crippen LogP contribution in [0.15, 0.2) is 48.5 Å². The molecule has 1 amide bonds. The number of carbonyl (C=O) groups excluding carboxylic acids is 1. The quantitative estimate of drug-likeness (QED) is 0.698. The lowest BCUT2D eigenvalue weighted by molar-refractivity contribution is -0.115. The second-order valence-corrected chi connectivity index (χ2v) is 5.87. The van der Waals surface area contributed by atoms with E-state index in [1.54, 1.807) is 0 Å². The molecule has 0 fully saturated rings. The van der Waals surface area contributed by atoms with E-state index in [9.17, 15) is 9.90 Å². The highest BCUT2D eigenvalue weighted by Gasteiger charge is 2.13. The van der Waals surface area contributed by atoms with Crippen molar-refractivity contribution in [1.29, 1.82) is 0 Å². The molecule has 0 bridgehead atoms. The molecule has 128 valence electrons. The highest BCUT2D eigenvalue weighted by Crippen LogP contribution is 2.21. The van der Waals surface area contributed by atoms with Gasteiger partial charge in [-0.1, -0.05) is 55.5 Å². The molecule has 0 radical (unpaired) electrons. The molecule has 3 N–H and O–H groups in total. The highest BCUT2D eigenvalue weighted by molar-refractivity contribution is 5.93. The summed E-state index contributed by atoms with van der Waals surface area (Å²) < 4.78 is 0. The molecular formula is C20H26N2O2. The van der Waals surface area contributed by atoms with Crippen LogP contribution in [0.2, 0.25) is 0 Å². The number of aliphatic hydroxyl groups excluding tert-OH is 1. The number of rotatable bonds is 8. The highest BCUT2D eigenvalue weighted by atomic mass is 16.3. The minimum Gasteiger partial charge on any atom is -0.396 e. The Balaban J connectivity index is 1.99. The number of nitrogens with one attached hydrogen (secondary N) is 2. The van der Waals surface area contributed by atoms with Crippen molar-refractivity contribution in [3.8, 4) is 0 Å². The van der Waals surface area contributed by atoms with Gasteiger partial charge in [0, 0.05) is 18.3 Å². The number of aliphatic hydroxyl groups is 1. The summed E-state index contributed by atoms with van der Waals surface area (Å²) in [6.07, 6.45) is 1.45. The molecule has 0 saturated heterocycles. The fourth-order valence-corrected chi connectivity index (χ4v) is 2.80. The van der Waals surface area contributed by atoms with Crippen molar-refractivity contribution in [3.05, 3.63) is 65.2 Å². The lowest BCUT2D eigenvalue weighted by Gasteiger charge is -2.19. The number of benzene rings is 2. The molecule has 0 aliphatic heterocycles. The van der Waals surface area contributed by atoms with Crippen LogP contribution in [0.25, 0.3) is 0 Å². The molecule has 4 heteroatoms. The summed E-state index contributed by atoms with van der Waals surface area (Å²) in [5, 5.41) is 15.5. The Morgan fingerprint density at radius 1 is 1.12 bits per heavy atom. The molecule has 0 spiro atoms. The maximum atomic E-state index is 12.3. The van der Waals surface area contributed by atoms with Crippen LogP contribution >= 0.6 is 0 Å². The topological polar surface area (TPSA) is 61.4 Å². The van der Waals surface area contributed by atoms with Gasteiger partial charge in [-0.05, 0) is 36.5 Å². The number of hydrogen-bond donors (Lipinski definition) is 3. The minimum atomic E-state index is -0.0714. The molecule has 0 aliphatic carbocycles. The number of hydrogen-bond acceptors (Lipinski definition) is 3. The van der Waals surface area contributed by atoms with Gasteiger partial charge in [0.25, 0.3) is 0 Å². The SMILES string of the molecule is CCc1cccc(C)c1NC(=O)CNC(CCO)c1ccccc1. The van der Waals surface area contributed by atoms with Crippen LogP contribution in [0.1, 0.15) is 36.1 Å². The Morgan fingerprint density at radius 3 is 2.54 bits per heavy atom. The Bertz CT molecular complexity index is 656. The molecule has 0 aromatic heterocycles. The summed E-state index contributed by atoms with van der Waals surface area (Å²) in [4.78, 5) is 12.3. The molecular weight excluding hydrogens is 300 g/mol. The van der Waals surface area contributed by atoms with Crippen LogP contribution in [0.5, 0.6) is 0 Å². The Kier molecular flexibility index (Phi) is 6.97. The van der Waals surface area contributed by atoms with Gasteiger partial charge in [-0.15, -0.1) is 0 Å². The maximum absolute atomic E-state index is 12.3. The molecule has 2 aromatic rings. The van der Waals surface area contributed by atoms with Crippen molar-refractivity contribution in [3.63, 3.8) is 0 Å². The number of aryl methyl sites for hydroxylation is 2. The third kappa shape index (κ3) is 4.91. The van der Waals surface area contributed by atoms with Gasteiger partial charge in [0.1, 0.15) is 0 Å². The summed E-state index contributed by atoms with van der Waals surface area (Å²) in [6.45, 7) is 4.36. The zero-order valence-electron chi connectivity index (χ0n) is 14.4. The van der Waals surface area contributed by atoms with Crippen molar-refractivity contribution in [2.45, 2.75) is 32.7 Å². The summed E-state index contributed by atoms with van der Waals surface area (Å²) in [7, 11) is 0. The number of anilines is 1. The van der Waals surface area contributed by atoms with E-state index in [2.05, 4.69) is 17.6 Å².